The van der Waals surface area contributed by atoms with E-state index < -0.39 is 9.84 Å². The maximum Gasteiger partial charge on any atom is 0.238 e. The summed E-state index contributed by atoms with van der Waals surface area (Å²) in [7, 11) is 0.321. The Kier molecular flexibility index (Phi) is 5.31. The third-order valence-corrected chi connectivity index (χ3v) is 5.71. The van der Waals surface area contributed by atoms with Crippen molar-refractivity contribution in [1.29, 1.82) is 0 Å². The molecule has 0 aromatic heterocycles. The van der Waals surface area contributed by atoms with Gasteiger partial charge in [0.2, 0.25) is 5.91 Å². The van der Waals surface area contributed by atoms with E-state index in [-0.39, 0.29) is 30.0 Å². The molecule has 0 bridgehead atoms. The largest absolute Gasteiger partial charge is 0.495 e. The normalized spacial score (nSPS) is 20.1. The zero-order valence-electron chi connectivity index (χ0n) is 12.5. The first-order valence-corrected chi connectivity index (χ1v) is 9.05. The minimum atomic E-state index is -2.95. The predicted molar refractivity (Wildman–Crippen MR) is 86.3 cm³/mol. The Labute approximate surface area is 135 Å². The lowest BCUT2D eigenvalue weighted by atomic mass is 10.2. The second kappa shape index (κ2) is 6.85. The number of sulfone groups is 1. The second-order valence-electron chi connectivity index (χ2n) is 5.37. The van der Waals surface area contributed by atoms with Crippen molar-refractivity contribution in [2.75, 3.05) is 37.5 Å². The number of rotatable bonds is 5. The van der Waals surface area contributed by atoms with Crippen LogP contribution in [0.1, 0.15) is 6.42 Å². The second-order valence-corrected chi connectivity index (χ2v) is 8.01. The Hall–Kier alpha value is -1.31. The Morgan fingerprint density at radius 3 is 2.77 bits per heavy atom. The number of ether oxygens (including phenoxy) is 1. The molecule has 8 heteroatoms. The molecule has 6 nitrogen and oxygen atoms in total. The van der Waals surface area contributed by atoms with Crippen LogP contribution in [0.15, 0.2) is 18.2 Å². The highest BCUT2D eigenvalue weighted by Crippen LogP contribution is 2.27. The highest BCUT2D eigenvalue weighted by molar-refractivity contribution is 7.91. The molecule has 1 fully saturated rings. The molecule has 0 saturated carbocycles. The molecule has 1 aliphatic heterocycles. The van der Waals surface area contributed by atoms with E-state index in [0.717, 1.165) is 0 Å². The monoisotopic (exact) mass is 346 g/mol. The number of amides is 1. The van der Waals surface area contributed by atoms with Crippen LogP contribution in [0.3, 0.4) is 0 Å². The van der Waals surface area contributed by atoms with Gasteiger partial charge in [-0.15, -0.1) is 0 Å². The van der Waals surface area contributed by atoms with Crippen LogP contribution in [0.5, 0.6) is 5.75 Å². The van der Waals surface area contributed by atoms with Gasteiger partial charge in [0.15, 0.2) is 9.84 Å². The number of carbonyl (C=O) groups is 1. The molecule has 1 aromatic rings. The number of hydrogen-bond acceptors (Lipinski definition) is 5. The van der Waals surface area contributed by atoms with Gasteiger partial charge in [0.25, 0.3) is 0 Å². The average molecular weight is 347 g/mol. The molecule has 22 heavy (non-hydrogen) atoms. The van der Waals surface area contributed by atoms with E-state index in [0.29, 0.717) is 22.9 Å². The molecule has 0 unspecified atom stereocenters. The summed E-state index contributed by atoms with van der Waals surface area (Å²) in [4.78, 5) is 13.8. The summed E-state index contributed by atoms with van der Waals surface area (Å²) >= 11 is 6.00. The van der Waals surface area contributed by atoms with Gasteiger partial charge in [-0.05, 0) is 31.7 Å². The van der Waals surface area contributed by atoms with Gasteiger partial charge in [-0.25, -0.2) is 8.42 Å². The van der Waals surface area contributed by atoms with Crippen molar-refractivity contribution in [2.45, 2.75) is 12.5 Å². The highest BCUT2D eigenvalue weighted by atomic mass is 35.5. The molecule has 1 heterocycles. The molecule has 1 saturated heterocycles. The first kappa shape index (κ1) is 17.1. The van der Waals surface area contributed by atoms with Crippen molar-refractivity contribution >= 4 is 33.0 Å². The molecule has 1 N–H and O–H groups in total. The number of benzene rings is 1. The van der Waals surface area contributed by atoms with Crippen molar-refractivity contribution in [1.82, 2.24) is 4.90 Å². The zero-order chi connectivity index (χ0) is 16.3. The van der Waals surface area contributed by atoms with Crippen molar-refractivity contribution in [2.24, 2.45) is 0 Å². The van der Waals surface area contributed by atoms with E-state index in [2.05, 4.69) is 5.32 Å². The van der Waals surface area contributed by atoms with Crippen molar-refractivity contribution in [3.05, 3.63) is 23.2 Å². The maximum absolute atomic E-state index is 12.0. The van der Waals surface area contributed by atoms with Gasteiger partial charge in [0.1, 0.15) is 5.75 Å². The average Bonchev–Trinajstić information content (AvgIpc) is 2.79. The number of hydrogen-bond donors (Lipinski definition) is 1. The lowest BCUT2D eigenvalue weighted by Gasteiger charge is -2.22. The molecule has 1 aromatic carbocycles. The van der Waals surface area contributed by atoms with Gasteiger partial charge >= 0.3 is 0 Å². The molecular weight excluding hydrogens is 328 g/mol. The number of nitrogens with one attached hydrogen (secondary N) is 1. The molecule has 1 aliphatic rings. The fraction of sp³-hybridized carbons (Fsp3) is 0.500. The number of likely N-dealkylation sites (N-methyl/N-ethyl adjacent to an activating group) is 1. The third kappa shape index (κ3) is 4.34. The molecule has 0 spiro atoms. The highest BCUT2D eigenvalue weighted by Gasteiger charge is 2.31. The van der Waals surface area contributed by atoms with Gasteiger partial charge < -0.3 is 10.1 Å². The van der Waals surface area contributed by atoms with Crippen LogP contribution in [0.2, 0.25) is 5.02 Å². The zero-order valence-corrected chi connectivity index (χ0v) is 14.1. The summed E-state index contributed by atoms with van der Waals surface area (Å²) in [5.41, 5.74) is 0.572. The lowest BCUT2D eigenvalue weighted by Crippen LogP contribution is -2.38. The van der Waals surface area contributed by atoms with Gasteiger partial charge in [0.05, 0.1) is 30.2 Å². The molecule has 0 aliphatic carbocycles. The van der Waals surface area contributed by atoms with Crippen LogP contribution < -0.4 is 10.1 Å². The minimum Gasteiger partial charge on any atom is -0.495 e. The van der Waals surface area contributed by atoms with Gasteiger partial charge in [-0.1, -0.05) is 11.6 Å². The van der Waals surface area contributed by atoms with E-state index in [1.807, 2.05) is 0 Å². The van der Waals surface area contributed by atoms with Crippen LogP contribution in [-0.4, -0.2) is 57.5 Å². The van der Waals surface area contributed by atoms with Crippen molar-refractivity contribution in [3.8, 4) is 5.75 Å². The Morgan fingerprint density at radius 1 is 1.50 bits per heavy atom. The summed E-state index contributed by atoms with van der Waals surface area (Å²) < 4.78 is 28.0. The summed E-state index contributed by atoms with van der Waals surface area (Å²) in [5, 5.41) is 3.15. The van der Waals surface area contributed by atoms with Crippen LogP contribution in [0, 0.1) is 0 Å². The Balaban J connectivity index is 1.91. The smallest absolute Gasteiger partial charge is 0.238 e. The standard InChI is InChI=1S/C14H19ClN2O4S/c1-17(11-5-6-22(19,20)9-11)8-14(18)16-10-3-4-13(21-2)12(15)7-10/h3-4,7,11H,5-6,8-9H2,1-2H3,(H,16,18)/t11-/m0/s1. The van der Waals surface area contributed by atoms with Crippen LogP contribution in [0.25, 0.3) is 0 Å². The van der Waals surface area contributed by atoms with Crippen LogP contribution in [0.4, 0.5) is 5.69 Å². The maximum atomic E-state index is 12.0. The van der Waals surface area contributed by atoms with E-state index >= 15 is 0 Å². The molecule has 1 amide bonds. The van der Waals surface area contributed by atoms with Crippen LogP contribution in [-0.2, 0) is 14.6 Å². The summed E-state index contributed by atoms with van der Waals surface area (Å²) in [5.74, 6) is 0.629. The van der Waals surface area contributed by atoms with E-state index in [1.54, 1.807) is 30.1 Å². The molecule has 122 valence electrons. The quantitative estimate of drug-likeness (QED) is 0.872. The van der Waals surface area contributed by atoms with Crippen molar-refractivity contribution in [3.63, 3.8) is 0 Å². The lowest BCUT2D eigenvalue weighted by molar-refractivity contribution is -0.117. The fourth-order valence-corrected chi connectivity index (χ4v) is 4.49. The third-order valence-electron chi connectivity index (χ3n) is 3.66. The molecular formula is C14H19ClN2O4S. The van der Waals surface area contributed by atoms with Crippen LogP contribution >= 0.6 is 11.6 Å². The van der Waals surface area contributed by atoms with Gasteiger partial charge in [0, 0.05) is 11.7 Å². The molecule has 1 atom stereocenters. The first-order chi connectivity index (χ1) is 10.3. The number of anilines is 1. The van der Waals surface area contributed by atoms with Crippen molar-refractivity contribution < 1.29 is 17.9 Å². The summed E-state index contributed by atoms with van der Waals surface area (Å²) in [6.45, 7) is 0.129. The summed E-state index contributed by atoms with van der Waals surface area (Å²) in [6, 6.07) is 4.88. The first-order valence-electron chi connectivity index (χ1n) is 6.85. The summed E-state index contributed by atoms with van der Waals surface area (Å²) in [6.07, 6.45) is 0.570. The van der Waals surface area contributed by atoms with E-state index in [4.69, 9.17) is 16.3 Å². The minimum absolute atomic E-state index is 0.102. The number of nitrogens with zero attached hydrogens (tertiary/aromatic N) is 1. The Bertz CT molecular complexity index is 663. The topological polar surface area (TPSA) is 75.7 Å². The number of carbonyl (C=O) groups excluding carboxylic acids is 1. The van der Waals surface area contributed by atoms with E-state index in [9.17, 15) is 13.2 Å². The molecule has 2 rings (SSSR count). The van der Waals surface area contributed by atoms with E-state index in [1.165, 1.54) is 7.11 Å². The SMILES string of the molecule is COc1ccc(NC(=O)CN(C)[C@H]2CCS(=O)(=O)C2)cc1Cl. The van der Waals surface area contributed by atoms with Gasteiger partial charge in [-0.2, -0.15) is 0 Å². The Morgan fingerprint density at radius 2 is 2.23 bits per heavy atom. The number of halogens is 1. The predicted octanol–water partition coefficient (Wildman–Crippen LogP) is 1.41. The number of methoxy groups -OCH3 is 1. The fourth-order valence-electron chi connectivity index (χ4n) is 2.42. The molecule has 0 radical (unpaired) electrons. The van der Waals surface area contributed by atoms with Gasteiger partial charge in [-0.3, -0.25) is 9.69 Å².